The van der Waals surface area contributed by atoms with Gasteiger partial charge in [-0.15, -0.1) is 6.58 Å². The lowest BCUT2D eigenvalue weighted by Gasteiger charge is -2.34. The van der Waals surface area contributed by atoms with Crippen molar-refractivity contribution in [1.82, 2.24) is 14.9 Å². The van der Waals surface area contributed by atoms with Gasteiger partial charge in [0.15, 0.2) is 0 Å². The second-order valence-electron chi connectivity index (χ2n) is 13.0. The van der Waals surface area contributed by atoms with Crippen molar-refractivity contribution >= 4 is 29.7 Å². The van der Waals surface area contributed by atoms with Crippen molar-refractivity contribution in [3.63, 3.8) is 0 Å². The topological polar surface area (TPSA) is 134 Å². The summed E-state index contributed by atoms with van der Waals surface area (Å²) < 4.78 is 17.2. The largest absolute Gasteiger partial charge is 0.467 e. The van der Waals surface area contributed by atoms with Gasteiger partial charge in [-0.05, 0) is 107 Å². The van der Waals surface area contributed by atoms with Gasteiger partial charge in [-0.2, -0.15) is 0 Å². The Morgan fingerprint density at radius 1 is 1.02 bits per heavy atom. The van der Waals surface area contributed by atoms with Crippen molar-refractivity contribution in [3.05, 3.63) is 72.9 Å². The van der Waals surface area contributed by atoms with Gasteiger partial charge in [-0.1, -0.05) is 88.3 Å². The molecule has 3 atom stereocenters. The van der Waals surface area contributed by atoms with E-state index in [9.17, 15) is 18.8 Å². The number of ether oxygens (including phenoxy) is 1. The summed E-state index contributed by atoms with van der Waals surface area (Å²) in [6.45, 7) is 18.7. The summed E-state index contributed by atoms with van der Waals surface area (Å²) in [6.07, 6.45) is 24.8. The molecule has 5 N–H and O–H groups in total. The quantitative estimate of drug-likeness (QED) is 0.0352. The number of hydrogen-bond acceptors (Lipinski definition) is 8. The lowest BCUT2D eigenvalue weighted by Crippen LogP contribution is -2.53. The van der Waals surface area contributed by atoms with Crippen LogP contribution in [-0.4, -0.2) is 85.1 Å². The maximum absolute atomic E-state index is 13.5. The smallest absolute Gasteiger partial charge is 0.328 e. The number of likely N-dealkylation sites (tertiary alicyclic amines) is 1. The number of carbonyl (C=O) groups excluding carboxylic acids is 3. The first-order valence-electron chi connectivity index (χ1n) is 18.9. The predicted octanol–water partition coefficient (Wildman–Crippen LogP) is 7.45. The highest BCUT2D eigenvalue weighted by Crippen LogP contribution is 2.32. The SMILES string of the molecule is C=C(/C=C/C(=C)CO)/C=C(C)/C=C/CCCCN[C@H](C(=O)N1CCCC1C(=O)OC)C1CCCCC1.C=CCC(N)C(=O)NSC1CC1.CC.CF. The summed E-state index contributed by atoms with van der Waals surface area (Å²) in [5.41, 5.74) is 8.17. The summed E-state index contributed by atoms with van der Waals surface area (Å²) in [5, 5.41) is 13.2. The molecule has 2 amide bonds. The van der Waals surface area contributed by atoms with Crippen molar-refractivity contribution in [1.29, 1.82) is 0 Å². The number of aliphatic hydroxyl groups excluding tert-OH is 1. The minimum absolute atomic E-state index is 0.0525. The molecule has 3 aliphatic rings. The van der Waals surface area contributed by atoms with Gasteiger partial charge >= 0.3 is 5.97 Å². The zero-order valence-electron chi connectivity index (χ0n) is 32.7. The van der Waals surface area contributed by atoms with Crippen LogP contribution in [0.15, 0.2) is 72.9 Å². The zero-order valence-corrected chi connectivity index (χ0v) is 33.5. The molecule has 0 bridgehead atoms. The molecule has 3 rings (SSSR count). The van der Waals surface area contributed by atoms with Crippen LogP contribution < -0.4 is 15.8 Å². The number of hydrogen-bond donors (Lipinski definition) is 4. The number of rotatable bonds is 19. The Hall–Kier alpha value is -2.99. The molecule has 1 saturated heterocycles. The number of alkyl halides is 1. The molecule has 1 aliphatic heterocycles. The average molecular weight is 749 g/mol. The zero-order chi connectivity index (χ0) is 39.3. The molecule has 9 nitrogen and oxygen atoms in total. The highest BCUT2D eigenvalue weighted by molar-refractivity contribution is 7.98. The number of esters is 1. The fraction of sp³-hybridized carbons (Fsp3) is 0.634. The third kappa shape index (κ3) is 20.9. The number of nitrogens with one attached hydrogen (secondary N) is 2. The van der Waals surface area contributed by atoms with E-state index < -0.39 is 12.1 Å². The van der Waals surface area contributed by atoms with Crippen LogP contribution in [0.5, 0.6) is 0 Å². The fourth-order valence-electron chi connectivity index (χ4n) is 5.78. The van der Waals surface area contributed by atoms with Crippen molar-refractivity contribution in [2.75, 3.05) is 34.0 Å². The Morgan fingerprint density at radius 3 is 2.29 bits per heavy atom. The highest BCUT2D eigenvalue weighted by Gasteiger charge is 2.40. The summed E-state index contributed by atoms with van der Waals surface area (Å²) in [4.78, 5) is 38.6. The van der Waals surface area contributed by atoms with E-state index in [4.69, 9.17) is 15.6 Å². The molecule has 296 valence electrons. The summed E-state index contributed by atoms with van der Waals surface area (Å²) >= 11 is 1.49. The second-order valence-corrected chi connectivity index (χ2v) is 14.1. The van der Waals surface area contributed by atoms with Crippen molar-refractivity contribution in [2.45, 2.75) is 128 Å². The molecule has 3 fully saturated rings. The average Bonchev–Trinajstić information content (AvgIpc) is 3.88. The van der Waals surface area contributed by atoms with Gasteiger partial charge < -0.3 is 25.8 Å². The second kappa shape index (κ2) is 30.5. The molecular formula is C41H69FN4O5S. The van der Waals surface area contributed by atoms with E-state index in [1.54, 1.807) is 17.1 Å². The Kier molecular flexibility index (Phi) is 28.7. The van der Waals surface area contributed by atoms with Gasteiger partial charge in [0.2, 0.25) is 11.8 Å². The van der Waals surface area contributed by atoms with Crippen molar-refractivity contribution in [2.24, 2.45) is 11.7 Å². The predicted molar refractivity (Wildman–Crippen MR) is 216 cm³/mol. The molecule has 2 aliphatic carbocycles. The molecule has 1 heterocycles. The highest BCUT2D eigenvalue weighted by atomic mass is 32.2. The number of methoxy groups -OCH3 is 1. The van der Waals surface area contributed by atoms with Crippen LogP contribution in [0.25, 0.3) is 0 Å². The van der Waals surface area contributed by atoms with E-state index in [0.717, 1.165) is 56.2 Å². The number of nitrogens with zero attached hydrogens (tertiary/aromatic N) is 1. The number of unbranched alkanes of at least 4 members (excludes halogenated alkanes) is 2. The van der Waals surface area contributed by atoms with Crippen LogP contribution in [0.2, 0.25) is 0 Å². The first-order valence-corrected chi connectivity index (χ1v) is 19.8. The van der Waals surface area contributed by atoms with E-state index in [2.05, 4.69) is 41.9 Å². The fourth-order valence-corrected chi connectivity index (χ4v) is 6.59. The molecule has 0 radical (unpaired) electrons. The van der Waals surface area contributed by atoms with Crippen LogP contribution in [-0.2, 0) is 19.1 Å². The van der Waals surface area contributed by atoms with Crippen LogP contribution in [0.4, 0.5) is 4.39 Å². The minimum atomic E-state index is -0.436. The number of amides is 2. The van der Waals surface area contributed by atoms with E-state index >= 15 is 0 Å². The van der Waals surface area contributed by atoms with Gasteiger partial charge in [0, 0.05) is 11.8 Å². The maximum Gasteiger partial charge on any atom is 0.328 e. The first-order chi connectivity index (χ1) is 25.1. The van der Waals surface area contributed by atoms with Crippen LogP contribution in [0.3, 0.4) is 0 Å². The monoisotopic (exact) mass is 748 g/mol. The van der Waals surface area contributed by atoms with Crippen LogP contribution in [0.1, 0.15) is 104 Å². The molecule has 2 unspecified atom stereocenters. The van der Waals surface area contributed by atoms with E-state index in [-0.39, 0.29) is 30.4 Å². The van der Waals surface area contributed by atoms with Crippen LogP contribution >= 0.6 is 11.9 Å². The molecule has 11 heteroatoms. The van der Waals surface area contributed by atoms with Gasteiger partial charge in [-0.3, -0.25) is 18.7 Å². The van der Waals surface area contributed by atoms with E-state index in [1.807, 2.05) is 32.9 Å². The lowest BCUT2D eigenvalue weighted by atomic mass is 9.83. The number of halogens is 1. The lowest BCUT2D eigenvalue weighted by molar-refractivity contribution is -0.152. The number of carbonyl (C=O) groups is 3. The standard InChI is InChI=1S/C30H46N2O4.C8H14N2OS.C2H6.CH3F/c1-23(21-24(2)17-18-25(3)22-33)13-8-5-6-11-19-31-28(26-14-9-7-10-15-26)29(34)32-20-12-16-27(32)30(35)36-4;1-2-3-7(9)8(11)10-12-6-4-5-6;2*1-2/h8,13,17-18,21,26-28,31,33H,2-3,5-7,9-12,14-16,19-20,22H2,1,4H3;2,6-7H,1,3-5,9H2,(H,10,11);1-2H3;1H3/b13-8+,18-17+,23-21+;;;/t27?,28-;;;/m0.../s1. The van der Waals surface area contributed by atoms with E-state index in [1.165, 1.54) is 51.2 Å². The number of aliphatic hydroxyl groups is 1. The van der Waals surface area contributed by atoms with Crippen LogP contribution in [0, 0.1) is 5.92 Å². The Labute approximate surface area is 318 Å². The molecule has 52 heavy (non-hydrogen) atoms. The minimum Gasteiger partial charge on any atom is -0.467 e. The molecular weight excluding hydrogens is 680 g/mol. The number of allylic oxidation sites excluding steroid dienone is 6. The molecule has 0 aromatic rings. The normalized spacial score (nSPS) is 18.5. The Bertz CT molecular complexity index is 1160. The van der Waals surface area contributed by atoms with Gasteiger partial charge in [0.05, 0.1) is 33.0 Å². The summed E-state index contributed by atoms with van der Waals surface area (Å²) in [5.74, 6) is 0.0308. The number of nitrogens with two attached hydrogens (primary N) is 1. The van der Waals surface area contributed by atoms with Gasteiger partial charge in [0.1, 0.15) is 6.04 Å². The molecule has 0 aromatic carbocycles. The molecule has 0 aromatic heterocycles. The van der Waals surface area contributed by atoms with Crippen molar-refractivity contribution < 1.29 is 28.6 Å². The van der Waals surface area contributed by atoms with Gasteiger partial charge in [-0.25, -0.2) is 4.79 Å². The first kappa shape index (κ1) is 49.0. The summed E-state index contributed by atoms with van der Waals surface area (Å²) in [6, 6.07) is -1.08. The third-order valence-electron chi connectivity index (χ3n) is 8.70. The van der Waals surface area contributed by atoms with Gasteiger partial charge in [0.25, 0.3) is 0 Å². The van der Waals surface area contributed by atoms with E-state index in [0.29, 0.717) is 43.3 Å². The summed E-state index contributed by atoms with van der Waals surface area (Å²) in [7, 11) is 1.90. The molecule has 0 spiro atoms. The third-order valence-corrected chi connectivity index (χ3v) is 9.82. The Balaban J connectivity index is 0.00000135. The Morgan fingerprint density at radius 2 is 1.69 bits per heavy atom. The molecule has 2 saturated carbocycles. The van der Waals surface area contributed by atoms with Crippen molar-refractivity contribution in [3.8, 4) is 0 Å². The maximum atomic E-state index is 13.5.